The van der Waals surface area contributed by atoms with Crippen molar-refractivity contribution in [2.75, 3.05) is 13.2 Å². The molecule has 14 heavy (non-hydrogen) atoms. The third-order valence-corrected chi connectivity index (χ3v) is 2.56. The van der Waals surface area contributed by atoms with E-state index in [0.29, 0.717) is 6.54 Å². The van der Waals surface area contributed by atoms with Gasteiger partial charge < -0.3 is 15.8 Å². The van der Waals surface area contributed by atoms with Crippen molar-refractivity contribution in [3.05, 3.63) is 36.0 Å². The van der Waals surface area contributed by atoms with Crippen LogP contribution in [0.5, 0.6) is 0 Å². The minimum absolute atomic E-state index is 0.0442. The fourth-order valence-electron chi connectivity index (χ4n) is 1.64. The molecule has 3 nitrogen and oxygen atoms in total. The molecular weight excluding hydrogens is 176 g/mol. The second-order valence-corrected chi connectivity index (χ2v) is 3.44. The molecular formula is C11H14N2O. The summed E-state index contributed by atoms with van der Waals surface area (Å²) in [5, 5.41) is 10.3. The van der Waals surface area contributed by atoms with E-state index in [2.05, 4.69) is 4.98 Å². The normalized spacial score (nSPS) is 13.3. The molecule has 0 aliphatic rings. The molecule has 1 heterocycles. The zero-order valence-corrected chi connectivity index (χ0v) is 7.90. The van der Waals surface area contributed by atoms with Crippen LogP contribution in [0.1, 0.15) is 11.5 Å². The molecule has 1 aromatic carbocycles. The molecule has 1 unspecified atom stereocenters. The number of nitrogens with two attached hydrogens (primary N) is 1. The van der Waals surface area contributed by atoms with E-state index in [-0.39, 0.29) is 12.5 Å². The Bertz CT molecular complexity index is 418. The lowest BCUT2D eigenvalue weighted by molar-refractivity contribution is 0.268. The van der Waals surface area contributed by atoms with Crippen LogP contribution in [-0.2, 0) is 0 Å². The number of aliphatic hydroxyl groups is 1. The first-order chi connectivity index (χ1) is 6.85. The van der Waals surface area contributed by atoms with Crippen LogP contribution in [0.2, 0.25) is 0 Å². The highest BCUT2D eigenvalue weighted by molar-refractivity contribution is 5.80. The zero-order chi connectivity index (χ0) is 9.97. The third-order valence-electron chi connectivity index (χ3n) is 2.56. The van der Waals surface area contributed by atoms with Gasteiger partial charge in [0.2, 0.25) is 0 Å². The van der Waals surface area contributed by atoms with E-state index in [0.717, 1.165) is 11.1 Å². The average molecular weight is 190 g/mol. The maximum atomic E-state index is 9.11. The van der Waals surface area contributed by atoms with Gasteiger partial charge in [0, 0.05) is 24.2 Å². The predicted octanol–water partition coefficient (Wildman–Crippen LogP) is 1.20. The van der Waals surface area contributed by atoms with E-state index in [1.807, 2.05) is 30.5 Å². The largest absolute Gasteiger partial charge is 0.396 e. The van der Waals surface area contributed by atoms with Gasteiger partial charge in [0.25, 0.3) is 0 Å². The molecule has 1 atom stereocenters. The molecule has 0 amide bonds. The van der Waals surface area contributed by atoms with Crippen molar-refractivity contribution in [1.29, 1.82) is 0 Å². The number of fused-ring (bicyclic) bond motifs is 1. The molecule has 74 valence electrons. The van der Waals surface area contributed by atoms with Crippen LogP contribution < -0.4 is 5.73 Å². The number of nitrogens with one attached hydrogen (secondary N) is 1. The van der Waals surface area contributed by atoms with Crippen LogP contribution in [0.3, 0.4) is 0 Å². The number of hydrogen-bond acceptors (Lipinski definition) is 2. The number of aliphatic hydroxyl groups excluding tert-OH is 1. The molecule has 0 fully saturated rings. The Kier molecular flexibility index (Phi) is 2.52. The lowest BCUT2D eigenvalue weighted by Gasteiger charge is -2.11. The van der Waals surface area contributed by atoms with Crippen LogP contribution >= 0.6 is 0 Å². The second kappa shape index (κ2) is 3.82. The number of H-pyrrole nitrogens is 1. The van der Waals surface area contributed by atoms with Crippen molar-refractivity contribution >= 4 is 10.9 Å². The first-order valence-corrected chi connectivity index (χ1v) is 4.73. The smallest absolute Gasteiger partial charge is 0.0511 e. The Labute approximate surface area is 82.6 Å². The maximum absolute atomic E-state index is 9.11. The predicted molar refractivity (Wildman–Crippen MR) is 57.2 cm³/mol. The van der Waals surface area contributed by atoms with Crippen LogP contribution in [-0.4, -0.2) is 23.2 Å². The van der Waals surface area contributed by atoms with Gasteiger partial charge in [0.1, 0.15) is 0 Å². The van der Waals surface area contributed by atoms with Crippen LogP contribution in [0, 0.1) is 0 Å². The summed E-state index contributed by atoms with van der Waals surface area (Å²) in [5.41, 5.74) is 7.74. The molecule has 0 aliphatic carbocycles. The van der Waals surface area contributed by atoms with Gasteiger partial charge in [-0.3, -0.25) is 0 Å². The lowest BCUT2D eigenvalue weighted by atomic mass is 9.99. The molecule has 4 N–H and O–H groups in total. The lowest BCUT2D eigenvalue weighted by Crippen LogP contribution is -2.15. The van der Waals surface area contributed by atoms with Crippen molar-refractivity contribution in [3.8, 4) is 0 Å². The number of benzene rings is 1. The minimum Gasteiger partial charge on any atom is -0.396 e. The monoisotopic (exact) mass is 190 g/mol. The van der Waals surface area contributed by atoms with Gasteiger partial charge in [0.05, 0.1) is 6.61 Å². The summed E-state index contributed by atoms with van der Waals surface area (Å²) < 4.78 is 0. The van der Waals surface area contributed by atoms with E-state index >= 15 is 0 Å². The number of aromatic amines is 1. The quantitative estimate of drug-likeness (QED) is 0.681. The highest BCUT2D eigenvalue weighted by Crippen LogP contribution is 2.19. The highest BCUT2D eigenvalue weighted by Gasteiger charge is 2.08. The van der Waals surface area contributed by atoms with E-state index in [4.69, 9.17) is 10.8 Å². The highest BCUT2D eigenvalue weighted by atomic mass is 16.3. The van der Waals surface area contributed by atoms with Gasteiger partial charge in [-0.25, -0.2) is 0 Å². The Balaban J connectivity index is 2.42. The molecule has 0 spiro atoms. The van der Waals surface area contributed by atoms with Gasteiger partial charge >= 0.3 is 0 Å². The SMILES string of the molecule is NCC(CO)c1ccc2cc[nH]c2c1. The van der Waals surface area contributed by atoms with Crippen molar-refractivity contribution in [1.82, 2.24) is 4.98 Å². The fourth-order valence-corrected chi connectivity index (χ4v) is 1.64. The van der Waals surface area contributed by atoms with Crippen molar-refractivity contribution in [2.45, 2.75) is 5.92 Å². The summed E-state index contributed by atoms with van der Waals surface area (Å²) >= 11 is 0. The Morgan fingerprint density at radius 2 is 2.21 bits per heavy atom. The topological polar surface area (TPSA) is 62.0 Å². The molecule has 0 radical (unpaired) electrons. The Hall–Kier alpha value is -1.32. The maximum Gasteiger partial charge on any atom is 0.0511 e. The minimum atomic E-state index is 0.0442. The molecule has 3 heteroatoms. The summed E-state index contributed by atoms with van der Waals surface area (Å²) in [7, 11) is 0. The second-order valence-electron chi connectivity index (χ2n) is 3.44. The van der Waals surface area contributed by atoms with Crippen molar-refractivity contribution in [2.24, 2.45) is 5.73 Å². The summed E-state index contributed by atoms with van der Waals surface area (Å²) in [6.07, 6.45) is 1.91. The molecule has 0 saturated heterocycles. The molecule has 1 aromatic heterocycles. The first-order valence-electron chi connectivity index (χ1n) is 4.73. The average Bonchev–Trinajstić information content (AvgIpc) is 2.66. The molecule has 0 aliphatic heterocycles. The summed E-state index contributed by atoms with van der Waals surface area (Å²) in [5.74, 6) is 0.0442. The summed E-state index contributed by atoms with van der Waals surface area (Å²) in [4.78, 5) is 3.14. The summed E-state index contributed by atoms with van der Waals surface area (Å²) in [6.45, 7) is 0.575. The molecule has 2 rings (SSSR count). The fraction of sp³-hybridized carbons (Fsp3) is 0.273. The van der Waals surface area contributed by atoms with E-state index in [1.54, 1.807) is 0 Å². The molecule has 0 bridgehead atoms. The molecule has 0 saturated carbocycles. The van der Waals surface area contributed by atoms with Gasteiger partial charge in [-0.15, -0.1) is 0 Å². The summed E-state index contributed by atoms with van der Waals surface area (Å²) in [6, 6.07) is 8.13. The van der Waals surface area contributed by atoms with Gasteiger partial charge in [-0.05, 0) is 23.1 Å². The van der Waals surface area contributed by atoms with Gasteiger partial charge in [-0.1, -0.05) is 12.1 Å². The van der Waals surface area contributed by atoms with Crippen molar-refractivity contribution in [3.63, 3.8) is 0 Å². The van der Waals surface area contributed by atoms with E-state index < -0.39 is 0 Å². The van der Waals surface area contributed by atoms with Crippen molar-refractivity contribution < 1.29 is 5.11 Å². The number of rotatable bonds is 3. The number of aromatic nitrogens is 1. The standard InChI is InChI=1S/C11H14N2O/c12-6-10(7-14)9-2-1-8-3-4-13-11(8)5-9/h1-5,10,13-14H,6-7,12H2. The van der Waals surface area contributed by atoms with E-state index in [1.165, 1.54) is 5.39 Å². The third kappa shape index (κ3) is 1.52. The van der Waals surface area contributed by atoms with Gasteiger partial charge in [-0.2, -0.15) is 0 Å². The van der Waals surface area contributed by atoms with E-state index in [9.17, 15) is 0 Å². The van der Waals surface area contributed by atoms with Crippen LogP contribution in [0.4, 0.5) is 0 Å². The number of hydrogen-bond donors (Lipinski definition) is 3. The first kappa shape index (κ1) is 9.24. The zero-order valence-electron chi connectivity index (χ0n) is 7.90. The Morgan fingerprint density at radius 1 is 1.36 bits per heavy atom. The molecule has 2 aromatic rings. The van der Waals surface area contributed by atoms with Gasteiger partial charge in [0.15, 0.2) is 0 Å². The Morgan fingerprint density at radius 3 is 2.93 bits per heavy atom. The van der Waals surface area contributed by atoms with Crippen LogP contribution in [0.15, 0.2) is 30.5 Å². The van der Waals surface area contributed by atoms with Crippen LogP contribution in [0.25, 0.3) is 10.9 Å².